The van der Waals surface area contributed by atoms with Crippen LogP contribution in [0.1, 0.15) is 78.1 Å². The number of unbranched alkanes of at least 4 members (excludes halogenated alkanes) is 8. The Bertz CT molecular complexity index is 544. The summed E-state index contributed by atoms with van der Waals surface area (Å²) in [5.74, 6) is 0.0697. The SMILES string of the molecule is CCCCCCCOc1ccc(OC(=O)O)c(O)c1OCCCCCCC. The van der Waals surface area contributed by atoms with Crippen LogP contribution in [0.3, 0.4) is 0 Å². The number of hydrogen-bond acceptors (Lipinski definition) is 5. The van der Waals surface area contributed by atoms with Crippen molar-refractivity contribution in [2.75, 3.05) is 13.2 Å². The summed E-state index contributed by atoms with van der Waals surface area (Å²) in [6.07, 6.45) is 9.54. The van der Waals surface area contributed by atoms with Crippen LogP contribution in [0, 0.1) is 0 Å². The molecule has 2 N–H and O–H groups in total. The van der Waals surface area contributed by atoms with Crippen LogP contribution in [0.5, 0.6) is 23.0 Å². The molecule has 0 fully saturated rings. The molecule has 6 heteroatoms. The first-order valence-electron chi connectivity index (χ1n) is 10.1. The van der Waals surface area contributed by atoms with E-state index in [9.17, 15) is 9.90 Å². The number of carboxylic acid groups (broad SMARTS) is 1. The third-order valence-corrected chi connectivity index (χ3v) is 4.26. The average Bonchev–Trinajstić information content (AvgIpc) is 2.64. The Morgan fingerprint density at radius 1 is 0.815 bits per heavy atom. The van der Waals surface area contributed by atoms with Crippen molar-refractivity contribution in [1.29, 1.82) is 0 Å². The molecule has 0 aliphatic rings. The summed E-state index contributed by atoms with van der Waals surface area (Å²) in [6, 6.07) is 2.96. The molecule has 6 nitrogen and oxygen atoms in total. The van der Waals surface area contributed by atoms with Crippen LogP contribution in [0.4, 0.5) is 4.79 Å². The van der Waals surface area contributed by atoms with Gasteiger partial charge in [0.05, 0.1) is 13.2 Å². The van der Waals surface area contributed by atoms with E-state index in [1.165, 1.54) is 38.2 Å². The first-order valence-corrected chi connectivity index (χ1v) is 10.1. The highest BCUT2D eigenvalue weighted by Crippen LogP contribution is 2.43. The van der Waals surface area contributed by atoms with Crippen LogP contribution in [0.15, 0.2) is 12.1 Å². The monoisotopic (exact) mass is 382 g/mol. The second-order valence-electron chi connectivity index (χ2n) is 6.63. The third kappa shape index (κ3) is 9.40. The van der Waals surface area contributed by atoms with Gasteiger partial charge in [0.15, 0.2) is 11.5 Å². The Kier molecular flexibility index (Phi) is 11.9. The number of phenols is 1. The maximum atomic E-state index is 10.8. The average molecular weight is 382 g/mol. The summed E-state index contributed by atoms with van der Waals surface area (Å²) in [6.45, 7) is 5.29. The number of aromatic hydroxyl groups is 1. The molecule has 0 aliphatic carbocycles. The molecule has 0 atom stereocenters. The van der Waals surface area contributed by atoms with E-state index < -0.39 is 6.16 Å². The number of benzene rings is 1. The normalized spacial score (nSPS) is 10.6. The molecule has 0 aromatic heterocycles. The predicted octanol–water partition coefficient (Wildman–Crippen LogP) is 6.15. The fourth-order valence-corrected chi connectivity index (χ4v) is 2.73. The molecular weight excluding hydrogens is 348 g/mol. The molecule has 0 radical (unpaired) electrons. The van der Waals surface area contributed by atoms with Crippen molar-refractivity contribution >= 4 is 6.16 Å². The standard InChI is InChI=1S/C21H34O6/c1-3-5-7-9-11-15-25-18-14-13-17(27-21(23)24)19(22)20(18)26-16-12-10-8-6-4-2/h13-14,22H,3-12,15-16H2,1-2H3,(H,23,24). The predicted molar refractivity (Wildman–Crippen MR) is 105 cm³/mol. The maximum absolute atomic E-state index is 10.8. The molecule has 0 unspecified atom stereocenters. The van der Waals surface area contributed by atoms with Gasteiger partial charge in [-0.3, -0.25) is 0 Å². The molecule has 0 saturated heterocycles. The van der Waals surface area contributed by atoms with E-state index in [2.05, 4.69) is 18.6 Å². The van der Waals surface area contributed by atoms with Crippen LogP contribution in [0.25, 0.3) is 0 Å². The molecule has 154 valence electrons. The first-order chi connectivity index (χ1) is 13.1. The minimum atomic E-state index is -1.49. The van der Waals surface area contributed by atoms with E-state index >= 15 is 0 Å². The molecular formula is C21H34O6. The Morgan fingerprint density at radius 2 is 1.33 bits per heavy atom. The van der Waals surface area contributed by atoms with E-state index in [0.717, 1.165) is 32.1 Å². The van der Waals surface area contributed by atoms with Crippen molar-refractivity contribution in [3.63, 3.8) is 0 Å². The summed E-state index contributed by atoms with van der Waals surface area (Å²) >= 11 is 0. The lowest BCUT2D eigenvalue weighted by Gasteiger charge is -2.16. The highest BCUT2D eigenvalue weighted by atomic mass is 16.7. The van der Waals surface area contributed by atoms with Gasteiger partial charge in [-0.15, -0.1) is 0 Å². The van der Waals surface area contributed by atoms with E-state index in [-0.39, 0.29) is 17.2 Å². The number of ether oxygens (including phenoxy) is 3. The lowest BCUT2D eigenvalue weighted by molar-refractivity contribution is 0.142. The van der Waals surface area contributed by atoms with Gasteiger partial charge in [0, 0.05) is 0 Å². The van der Waals surface area contributed by atoms with E-state index in [1.54, 1.807) is 6.07 Å². The van der Waals surface area contributed by atoms with Crippen LogP contribution in [-0.2, 0) is 0 Å². The van der Waals surface area contributed by atoms with Gasteiger partial charge in [0.25, 0.3) is 0 Å². The Hall–Kier alpha value is -2.11. The molecule has 0 aliphatic heterocycles. The summed E-state index contributed by atoms with van der Waals surface area (Å²) in [5.41, 5.74) is 0. The van der Waals surface area contributed by atoms with Crippen LogP contribution in [0.2, 0.25) is 0 Å². The fraction of sp³-hybridized carbons (Fsp3) is 0.667. The van der Waals surface area contributed by atoms with E-state index in [1.807, 2.05) is 0 Å². The minimum absolute atomic E-state index is 0.151. The van der Waals surface area contributed by atoms with Gasteiger partial charge in [-0.05, 0) is 25.0 Å². The van der Waals surface area contributed by atoms with Crippen molar-refractivity contribution in [3.05, 3.63) is 12.1 Å². The third-order valence-electron chi connectivity index (χ3n) is 4.26. The Balaban J connectivity index is 2.66. The highest BCUT2D eigenvalue weighted by molar-refractivity contribution is 5.66. The molecule has 0 bridgehead atoms. The Labute approximate surface area is 162 Å². The molecule has 1 aromatic carbocycles. The second-order valence-corrected chi connectivity index (χ2v) is 6.63. The van der Waals surface area contributed by atoms with Crippen molar-refractivity contribution < 1.29 is 29.2 Å². The van der Waals surface area contributed by atoms with E-state index in [0.29, 0.717) is 19.0 Å². The number of rotatable bonds is 15. The zero-order valence-corrected chi connectivity index (χ0v) is 16.7. The largest absolute Gasteiger partial charge is 0.511 e. The summed E-state index contributed by atoms with van der Waals surface area (Å²) in [5, 5.41) is 19.1. The fourth-order valence-electron chi connectivity index (χ4n) is 2.73. The zero-order valence-electron chi connectivity index (χ0n) is 16.7. The quantitative estimate of drug-likeness (QED) is 0.215. The first kappa shape index (κ1) is 22.9. The lowest BCUT2D eigenvalue weighted by Crippen LogP contribution is -2.06. The molecule has 0 amide bonds. The lowest BCUT2D eigenvalue weighted by atomic mass is 10.2. The van der Waals surface area contributed by atoms with Gasteiger partial charge in [-0.25, -0.2) is 4.79 Å². The van der Waals surface area contributed by atoms with Gasteiger partial charge >= 0.3 is 6.16 Å². The smallest absolute Gasteiger partial charge is 0.502 e. The molecule has 1 aromatic rings. The van der Waals surface area contributed by atoms with E-state index in [4.69, 9.17) is 14.6 Å². The van der Waals surface area contributed by atoms with Crippen molar-refractivity contribution in [2.45, 2.75) is 78.1 Å². The molecule has 1 rings (SSSR count). The van der Waals surface area contributed by atoms with Gasteiger partial charge in [-0.1, -0.05) is 65.2 Å². The molecule has 27 heavy (non-hydrogen) atoms. The van der Waals surface area contributed by atoms with Crippen molar-refractivity contribution in [3.8, 4) is 23.0 Å². The Morgan fingerprint density at radius 3 is 1.89 bits per heavy atom. The van der Waals surface area contributed by atoms with Crippen LogP contribution < -0.4 is 14.2 Å². The highest BCUT2D eigenvalue weighted by Gasteiger charge is 2.18. The van der Waals surface area contributed by atoms with Crippen LogP contribution in [-0.4, -0.2) is 29.6 Å². The van der Waals surface area contributed by atoms with Crippen molar-refractivity contribution in [1.82, 2.24) is 0 Å². The van der Waals surface area contributed by atoms with Gasteiger partial charge in [0.2, 0.25) is 11.5 Å². The summed E-state index contributed by atoms with van der Waals surface area (Å²) in [7, 11) is 0. The van der Waals surface area contributed by atoms with Gasteiger partial charge in [-0.2, -0.15) is 0 Å². The molecule has 0 spiro atoms. The van der Waals surface area contributed by atoms with Crippen molar-refractivity contribution in [2.24, 2.45) is 0 Å². The molecule has 0 heterocycles. The minimum Gasteiger partial charge on any atom is -0.502 e. The summed E-state index contributed by atoms with van der Waals surface area (Å²) in [4.78, 5) is 10.8. The maximum Gasteiger partial charge on any atom is 0.511 e. The summed E-state index contributed by atoms with van der Waals surface area (Å²) < 4.78 is 16.1. The number of phenolic OH excluding ortho intramolecular Hbond substituents is 1. The number of carbonyl (C=O) groups is 1. The second kappa shape index (κ2) is 14.0. The van der Waals surface area contributed by atoms with Gasteiger partial charge in [0.1, 0.15) is 0 Å². The van der Waals surface area contributed by atoms with Gasteiger partial charge < -0.3 is 24.4 Å². The zero-order chi connectivity index (χ0) is 19.9. The van der Waals surface area contributed by atoms with Crippen LogP contribution >= 0.6 is 0 Å². The molecule has 0 saturated carbocycles. The number of hydrogen-bond donors (Lipinski definition) is 2. The topological polar surface area (TPSA) is 85.2 Å².